The lowest BCUT2D eigenvalue weighted by atomic mass is 9.46. The Morgan fingerprint density at radius 2 is 1.97 bits per heavy atom. The van der Waals surface area contributed by atoms with Gasteiger partial charge in [0.2, 0.25) is 5.78 Å². The molecule has 9 nitrogen and oxygen atoms in total. The Labute approximate surface area is 222 Å². The average Bonchev–Trinajstić information content (AvgIpc) is 3.33. The second-order valence-corrected chi connectivity index (χ2v) is 12.1. The molecule has 5 rings (SSSR count). The number of ether oxygens (including phenoxy) is 3. The molecule has 2 N–H and O–H groups in total. The lowest BCUT2D eigenvalue weighted by molar-refractivity contribution is -0.201. The molecule has 9 atom stereocenters. The molecule has 0 aromatic rings. The van der Waals surface area contributed by atoms with Crippen LogP contribution in [0.15, 0.2) is 23.8 Å². The van der Waals surface area contributed by atoms with E-state index in [9.17, 15) is 24.3 Å². The lowest BCUT2D eigenvalue weighted by Gasteiger charge is -2.59. The first-order valence-electron chi connectivity index (χ1n) is 13.8. The van der Waals surface area contributed by atoms with E-state index in [4.69, 9.17) is 19.3 Å². The highest BCUT2D eigenvalue weighted by Gasteiger charge is 2.75. The molecule has 0 radical (unpaired) electrons. The predicted octanol–water partition coefficient (Wildman–Crippen LogP) is 3.13. The highest BCUT2D eigenvalue weighted by atomic mass is 16.7. The summed E-state index contributed by atoms with van der Waals surface area (Å²) in [6, 6.07) is 0. The second-order valence-electron chi connectivity index (χ2n) is 12.1. The van der Waals surface area contributed by atoms with Crippen LogP contribution < -0.4 is 0 Å². The van der Waals surface area contributed by atoms with Crippen molar-refractivity contribution in [1.29, 1.82) is 0 Å². The monoisotopic (exact) mass is 530 g/mol. The van der Waals surface area contributed by atoms with E-state index >= 15 is 0 Å². The second kappa shape index (κ2) is 9.68. The first-order valence-corrected chi connectivity index (χ1v) is 13.8. The molecule has 1 aliphatic heterocycles. The van der Waals surface area contributed by atoms with Crippen molar-refractivity contribution in [1.82, 2.24) is 0 Å². The third kappa shape index (κ3) is 4.00. The fraction of sp³-hybridized carbons (Fsp3) is 0.724. The normalized spacial score (nSPS) is 42.9. The Kier molecular flexibility index (Phi) is 6.93. The van der Waals surface area contributed by atoms with E-state index in [-0.39, 0.29) is 36.4 Å². The summed E-state index contributed by atoms with van der Waals surface area (Å²) in [5.74, 6) is -2.27. The van der Waals surface area contributed by atoms with Crippen molar-refractivity contribution < 1.29 is 43.6 Å². The molecule has 1 heterocycles. The number of ketones is 2. The smallest absolute Gasteiger partial charge is 0.306 e. The standard InChI is InChI=1S/C29H38O9/c1-4-5-25-37-22-13-19-18-7-6-16-12-17(30)10-11-27(16,2)26(18)20(31)14-28(19,3)29(22,38-25)21(32)15-36-24(35)9-8-23(33)34/h10-12,18-20,22,25-26,31H,4-9,13-15H2,1-3H3,(H,33,34)/t18-,19?,20-,22+,25?,26?,27-,28-,29+/m0/s1. The maximum atomic E-state index is 14.0. The van der Waals surface area contributed by atoms with Crippen LogP contribution in [0.2, 0.25) is 0 Å². The molecule has 3 unspecified atom stereocenters. The minimum Gasteiger partial charge on any atom is -0.481 e. The maximum Gasteiger partial charge on any atom is 0.306 e. The third-order valence-electron chi connectivity index (χ3n) is 10.1. The SMILES string of the molecule is CCCC1O[C@@H]2CC3[C@@H]4CCC5=CC(=O)C=C[C@]5(C)C4[C@@H](O)C[C@]3(C)[C@]2(C(=O)COC(=O)CCC(=O)O)O1. The summed E-state index contributed by atoms with van der Waals surface area (Å²) >= 11 is 0. The Balaban J connectivity index is 1.45. The summed E-state index contributed by atoms with van der Waals surface area (Å²) in [5.41, 5.74) is -1.50. The molecule has 4 aliphatic carbocycles. The number of hydrogen-bond donors (Lipinski definition) is 2. The van der Waals surface area contributed by atoms with E-state index < -0.39 is 59.3 Å². The molecule has 0 bridgehead atoms. The van der Waals surface area contributed by atoms with Crippen LogP contribution in [0.4, 0.5) is 0 Å². The Morgan fingerprint density at radius 3 is 2.68 bits per heavy atom. The van der Waals surface area contributed by atoms with Crippen molar-refractivity contribution in [3.63, 3.8) is 0 Å². The van der Waals surface area contributed by atoms with Crippen LogP contribution in [0.1, 0.15) is 72.1 Å². The summed E-state index contributed by atoms with van der Waals surface area (Å²) in [7, 11) is 0. The van der Waals surface area contributed by atoms with Crippen LogP contribution >= 0.6 is 0 Å². The minimum atomic E-state index is -1.37. The van der Waals surface area contributed by atoms with Gasteiger partial charge in [-0.3, -0.25) is 19.2 Å². The average molecular weight is 531 g/mol. The predicted molar refractivity (Wildman–Crippen MR) is 134 cm³/mol. The van der Waals surface area contributed by atoms with Gasteiger partial charge < -0.3 is 24.4 Å². The van der Waals surface area contributed by atoms with Crippen molar-refractivity contribution in [2.45, 2.75) is 96.2 Å². The van der Waals surface area contributed by atoms with Gasteiger partial charge in [-0.15, -0.1) is 0 Å². The number of rotatable bonds is 8. The summed E-state index contributed by atoms with van der Waals surface area (Å²) in [6.45, 7) is 5.59. The van der Waals surface area contributed by atoms with Gasteiger partial charge in [-0.1, -0.05) is 38.8 Å². The number of fused-ring (bicyclic) bond motifs is 7. The summed E-state index contributed by atoms with van der Waals surface area (Å²) in [5, 5.41) is 20.6. The summed E-state index contributed by atoms with van der Waals surface area (Å²) in [6.07, 6.45) is 6.63. The molecule has 0 aromatic heterocycles. The van der Waals surface area contributed by atoms with Crippen molar-refractivity contribution >= 4 is 23.5 Å². The first-order chi connectivity index (χ1) is 18.0. The van der Waals surface area contributed by atoms with Crippen LogP contribution in [0.3, 0.4) is 0 Å². The van der Waals surface area contributed by atoms with Gasteiger partial charge in [-0.2, -0.15) is 0 Å². The molecule has 0 aromatic carbocycles. The highest BCUT2D eigenvalue weighted by Crippen LogP contribution is 2.69. The fourth-order valence-corrected chi connectivity index (χ4v) is 8.54. The molecule has 208 valence electrons. The van der Waals surface area contributed by atoms with Crippen LogP contribution in [0, 0.1) is 28.6 Å². The molecule has 0 amide bonds. The van der Waals surface area contributed by atoms with Crippen molar-refractivity contribution in [2.24, 2.45) is 28.6 Å². The fourth-order valence-electron chi connectivity index (χ4n) is 8.54. The maximum absolute atomic E-state index is 14.0. The molecule has 4 fully saturated rings. The minimum absolute atomic E-state index is 0.0207. The number of allylic oxidation sites excluding steroid dienone is 4. The Hall–Kier alpha value is -2.36. The molecule has 1 saturated heterocycles. The topological polar surface area (TPSA) is 136 Å². The number of carbonyl (C=O) groups excluding carboxylic acids is 3. The zero-order chi connectivity index (χ0) is 27.5. The lowest BCUT2D eigenvalue weighted by Crippen LogP contribution is -2.63. The van der Waals surface area contributed by atoms with Gasteiger partial charge in [-0.25, -0.2) is 0 Å². The quantitative estimate of drug-likeness (QED) is 0.454. The molecule has 5 aliphatic rings. The number of hydrogen-bond acceptors (Lipinski definition) is 8. The number of carbonyl (C=O) groups is 4. The van der Waals surface area contributed by atoms with Crippen LogP contribution in [-0.2, 0) is 33.4 Å². The number of carboxylic acid groups (broad SMARTS) is 1. The van der Waals surface area contributed by atoms with Crippen LogP contribution in [0.5, 0.6) is 0 Å². The zero-order valence-corrected chi connectivity index (χ0v) is 22.3. The van der Waals surface area contributed by atoms with Gasteiger partial charge in [0.25, 0.3) is 0 Å². The van der Waals surface area contributed by atoms with Crippen molar-refractivity contribution in [2.75, 3.05) is 6.61 Å². The van der Waals surface area contributed by atoms with E-state index in [0.717, 1.165) is 24.8 Å². The van der Waals surface area contributed by atoms with Gasteiger partial charge in [0.1, 0.15) is 0 Å². The van der Waals surface area contributed by atoms with Crippen LogP contribution in [-0.4, -0.2) is 64.4 Å². The van der Waals surface area contributed by atoms with E-state index in [1.54, 1.807) is 12.2 Å². The van der Waals surface area contributed by atoms with Crippen molar-refractivity contribution in [3.05, 3.63) is 23.8 Å². The number of aliphatic hydroxyl groups is 1. The van der Waals surface area contributed by atoms with Gasteiger partial charge >= 0.3 is 11.9 Å². The van der Waals surface area contributed by atoms with E-state index in [2.05, 4.69) is 6.92 Å². The van der Waals surface area contributed by atoms with Gasteiger partial charge in [0.15, 0.2) is 24.3 Å². The number of aliphatic carboxylic acids is 1. The van der Waals surface area contributed by atoms with Crippen molar-refractivity contribution in [3.8, 4) is 0 Å². The van der Waals surface area contributed by atoms with E-state index in [0.29, 0.717) is 19.3 Å². The molecular formula is C29H38O9. The van der Waals surface area contributed by atoms with E-state index in [1.165, 1.54) is 0 Å². The number of aliphatic hydroxyl groups excluding tert-OH is 1. The largest absolute Gasteiger partial charge is 0.481 e. The third-order valence-corrected chi connectivity index (χ3v) is 10.1. The highest BCUT2D eigenvalue weighted by molar-refractivity contribution is 6.01. The molecule has 3 saturated carbocycles. The number of esters is 1. The van der Waals surface area contributed by atoms with E-state index in [1.807, 2.05) is 19.9 Å². The Morgan fingerprint density at radius 1 is 1.21 bits per heavy atom. The Bertz CT molecular complexity index is 1090. The number of Topliss-reactive ketones (excluding diaryl/α,β-unsaturated/α-hetero) is 1. The van der Waals surface area contributed by atoms with Gasteiger partial charge in [-0.05, 0) is 56.1 Å². The van der Waals surface area contributed by atoms with Gasteiger partial charge in [0.05, 0.1) is 25.0 Å². The summed E-state index contributed by atoms with van der Waals surface area (Å²) in [4.78, 5) is 49.0. The summed E-state index contributed by atoms with van der Waals surface area (Å²) < 4.78 is 18.1. The zero-order valence-electron chi connectivity index (χ0n) is 22.3. The molecule has 0 spiro atoms. The van der Waals surface area contributed by atoms with Crippen LogP contribution in [0.25, 0.3) is 0 Å². The molecular weight excluding hydrogens is 492 g/mol. The molecule has 9 heteroatoms. The van der Waals surface area contributed by atoms with Gasteiger partial charge in [0, 0.05) is 16.7 Å². The number of carboxylic acids is 1. The first kappa shape index (κ1) is 27.2. The molecule has 38 heavy (non-hydrogen) atoms.